The van der Waals surface area contributed by atoms with Crippen LogP contribution in [0.2, 0.25) is 15.1 Å². The molecule has 0 aliphatic carbocycles. The summed E-state index contributed by atoms with van der Waals surface area (Å²) in [6.45, 7) is 2.36. The lowest BCUT2D eigenvalue weighted by molar-refractivity contribution is 0.190. The summed E-state index contributed by atoms with van der Waals surface area (Å²) in [5, 5.41) is 6.79. The maximum atomic E-state index is 13.5. The van der Waals surface area contributed by atoms with Crippen LogP contribution in [0, 0.1) is 5.82 Å². The Bertz CT molecular complexity index is 1120. The third kappa shape index (κ3) is 6.45. The van der Waals surface area contributed by atoms with Crippen molar-refractivity contribution in [3.05, 3.63) is 75.1 Å². The Kier molecular flexibility index (Phi) is 8.68. The number of nitrogens with one attached hydrogen (secondary N) is 2. The SMILES string of the molecule is COC[C@H](C)Nc1nccc(N(C(=O)NCc2c(Cl)ccc(Cl)c2Cl)c2ccc(F)cc2)n1. The van der Waals surface area contributed by atoms with Crippen LogP contribution < -0.4 is 15.5 Å². The van der Waals surface area contributed by atoms with Gasteiger partial charge >= 0.3 is 6.03 Å². The zero-order valence-corrected chi connectivity index (χ0v) is 20.0. The van der Waals surface area contributed by atoms with Gasteiger partial charge in [-0.05, 0) is 43.3 Å². The summed E-state index contributed by atoms with van der Waals surface area (Å²) >= 11 is 18.5. The number of methoxy groups -OCH3 is 1. The van der Waals surface area contributed by atoms with Crippen LogP contribution in [0.25, 0.3) is 0 Å². The fraction of sp³-hybridized carbons (Fsp3) is 0.227. The smallest absolute Gasteiger partial charge is 0.327 e. The molecule has 0 saturated carbocycles. The highest BCUT2D eigenvalue weighted by atomic mass is 35.5. The molecule has 11 heteroatoms. The second-order valence-corrected chi connectivity index (χ2v) is 8.22. The minimum atomic E-state index is -0.539. The molecule has 1 heterocycles. The van der Waals surface area contributed by atoms with E-state index in [1.165, 1.54) is 35.4 Å². The molecule has 3 rings (SSSR count). The number of urea groups is 1. The Morgan fingerprint density at radius 3 is 2.52 bits per heavy atom. The number of hydrogen-bond donors (Lipinski definition) is 2. The monoisotopic (exact) mass is 511 g/mol. The van der Waals surface area contributed by atoms with Crippen molar-refractivity contribution in [3.8, 4) is 0 Å². The number of nitrogens with zero attached hydrogens (tertiary/aromatic N) is 3. The third-order valence-corrected chi connectivity index (χ3v) is 5.70. The molecule has 1 atom stereocenters. The molecule has 0 unspecified atom stereocenters. The van der Waals surface area contributed by atoms with Crippen LogP contribution in [0.5, 0.6) is 0 Å². The molecule has 174 valence electrons. The molecular formula is C22H21Cl3FN5O2. The van der Waals surface area contributed by atoms with Gasteiger partial charge in [0.15, 0.2) is 0 Å². The number of anilines is 3. The molecule has 0 bridgehead atoms. The Balaban J connectivity index is 1.90. The molecule has 2 aromatic carbocycles. The van der Waals surface area contributed by atoms with Gasteiger partial charge in [0.1, 0.15) is 11.6 Å². The van der Waals surface area contributed by atoms with Gasteiger partial charge in [0.2, 0.25) is 5.95 Å². The molecule has 0 fully saturated rings. The topological polar surface area (TPSA) is 79.4 Å². The molecule has 3 aromatic rings. The molecular weight excluding hydrogens is 492 g/mol. The maximum Gasteiger partial charge on any atom is 0.327 e. The zero-order valence-electron chi connectivity index (χ0n) is 17.8. The molecule has 0 radical (unpaired) electrons. The number of hydrogen-bond acceptors (Lipinski definition) is 5. The standard InChI is InChI=1S/C22H21Cl3FN5O2/c1-13(12-33-2)29-21-27-10-9-19(30-21)31(15-5-3-14(26)4-6-15)22(32)28-11-16-17(23)7-8-18(24)20(16)25/h3-10,13H,11-12H2,1-2H3,(H,28,32)(H,27,29,30)/t13-/m0/s1. The summed E-state index contributed by atoms with van der Waals surface area (Å²) in [6.07, 6.45) is 1.51. The van der Waals surface area contributed by atoms with E-state index in [-0.39, 0.29) is 23.4 Å². The maximum absolute atomic E-state index is 13.5. The molecule has 2 amide bonds. The van der Waals surface area contributed by atoms with Crippen molar-refractivity contribution in [3.63, 3.8) is 0 Å². The van der Waals surface area contributed by atoms with Crippen LogP contribution in [-0.4, -0.2) is 35.8 Å². The van der Waals surface area contributed by atoms with Gasteiger partial charge in [-0.1, -0.05) is 34.8 Å². The predicted molar refractivity (Wildman–Crippen MR) is 129 cm³/mol. The third-order valence-electron chi connectivity index (χ3n) is 4.51. The van der Waals surface area contributed by atoms with Crippen LogP contribution in [0.15, 0.2) is 48.7 Å². The highest BCUT2D eigenvalue weighted by Crippen LogP contribution is 2.31. The number of aromatic nitrogens is 2. The number of amides is 2. The number of benzene rings is 2. The lowest BCUT2D eigenvalue weighted by atomic mass is 10.2. The lowest BCUT2D eigenvalue weighted by Crippen LogP contribution is -2.37. The molecule has 33 heavy (non-hydrogen) atoms. The van der Waals surface area contributed by atoms with E-state index in [0.29, 0.717) is 33.9 Å². The van der Waals surface area contributed by atoms with Gasteiger partial charge in [-0.3, -0.25) is 0 Å². The second-order valence-electron chi connectivity index (χ2n) is 7.03. The predicted octanol–water partition coefficient (Wildman–Crippen LogP) is 6.07. The molecule has 1 aromatic heterocycles. The second kappa shape index (κ2) is 11.5. The Morgan fingerprint density at radius 2 is 1.82 bits per heavy atom. The quantitative estimate of drug-likeness (QED) is 0.358. The van der Waals surface area contributed by atoms with Gasteiger partial charge < -0.3 is 15.4 Å². The normalized spacial score (nSPS) is 11.7. The number of carbonyl (C=O) groups excluding carboxylic acids is 1. The van der Waals surface area contributed by atoms with Crippen LogP contribution in [-0.2, 0) is 11.3 Å². The zero-order chi connectivity index (χ0) is 24.0. The van der Waals surface area contributed by atoms with Crippen molar-refractivity contribution in [1.82, 2.24) is 15.3 Å². The number of halogens is 4. The summed E-state index contributed by atoms with van der Waals surface area (Å²) in [4.78, 5) is 23.2. The molecule has 2 N–H and O–H groups in total. The first kappa shape index (κ1) is 25.0. The summed E-state index contributed by atoms with van der Waals surface area (Å²) < 4.78 is 18.6. The molecule has 0 spiro atoms. The molecule has 0 saturated heterocycles. The first-order valence-electron chi connectivity index (χ1n) is 9.84. The molecule has 0 aliphatic heterocycles. The minimum Gasteiger partial charge on any atom is -0.383 e. The van der Waals surface area contributed by atoms with E-state index in [0.717, 1.165) is 0 Å². The van der Waals surface area contributed by atoms with Crippen molar-refractivity contribution in [2.75, 3.05) is 23.9 Å². The van der Waals surface area contributed by atoms with E-state index in [4.69, 9.17) is 39.5 Å². The Hall–Kier alpha value is -2.65. The first-order valence-corrected chi connectivity index (χ1v) is 11.0. The highest BCUT2D eigenvalue weighted by Gasteiger charge is 2.21. The Labute approximate surface area is 205 Å². The van der Waals surface area contributed by atoms with Gasteiger partial charge in [0, 0.05) is 42.5 Å². The van der Waals surface area contributed by atoms with Crippen molar-refractivity contribution in [2.45, 2.75) is 19.5 Å². The van der Waals surface area contributed by atoms with Crippen molar-refractivity contribution < 1.29 is 13.9 Å². The van der Waals surface area contributed by atoms with Crippen molar-refractivity contribution in [2.24, 2.45) is 0 Å². The summed E-state index contributed by atoms with van der Waals surface area (Å²) in [6, 6.07) is 9.57. The van der Waals surface area contributed by atoms with E-state index >= 15 is 0 Å². The van der Waals surface area contributed by atoms with Crippen molar-refractivity contribution >= 4 is 58.3 Å². The largest absolute Gasteiger partial charge is 0.383 e. The summed E-state index contributed by atoms with van der Waals surface area (Å²) in [5.74, 6) is 0.137. The van der Waals surface area contributed by atoms with E-state index in [2.05, 4.69) is 20.6 Å². The van der Waals surface area contributed by atoms with Gasteiger partial charge in [-0.25, -0.2) is 19.1 Å². The fourth-order valence-corrected chi connectivity index (χ4v) is 3.65. The van der Waals surface area contributed by atoms with E-state index in [9.17, 15) is 9.18 Å². The van der Waals surface area contributed by atoms with Crippen LogP contribution >= 0.6 is 34.8 Å². The van der Waals surface area contributed by atoms with Gasteiger partial charge in [0.05, 0.1) is 22.3 Å². The van der Waals surface area contributed by atoms with Gasteiger partial charge in [-0.15, -0.1) is 0 Å². The van der Waals surface area contributed by atoms with Crippen molar-refractivity contribution in [1.29, 1.82) is 0 Å². The summed E-state index contributed by atoms with van der Waals surface area (Å²) in [5.41, 5.74) is 0.864. The number of carbonyl (C=O) groups is 1. The first-order chi connectivity index (χ1) is 15.8. The van der Waals surface area contributed by atoms with E-state index < -0.39 is 11.8 Å². The van der Waals surface area contributed by atoms with Gasteiger partial charge in [-0.2, -0.15) is 4.98 Å². The average molecular weight is 513 g/mol. The highest BCUT2D eigenvalue weighted by molar-refractivity contribution is 6.44. The fourth-order valence-electron chi connectivity index (χ4n) is 2.97. The number of ether oxygens (including phenoxy) is 1. The Morgan fingerprint density at radius 1 is 1.12 bits per heavy atom. The molecule has 0 aliphatic rings. The number of rotatable bonds is 8. The van der Waals surface area contributed by atoms with Crippen LogP contribution in [0.1, 0.15) is 12.5 Å². The van der Waals surface area contributed by atoms with Gasteiger partial charge in [0.25, 0.3) is 0 Å². The van der Waals surface area contributed by atoms with Crippen LogP contribution in [0.4, 0.5) is 26.6 Å². The van der Waals surface area contributed by atoms with E-state index in [1.54, 1.807) is 25.3 Å². The minimum absolute atomic E-state index is 0.00974. The van der Waals surface area contributed by atoms with E-state index in [1.807, 2.05) is 6.92 Å². The summed E-state index contributed by atoms with van der Waals surface area (Å²) in [7, 11) is 1.59. The lowest BCUT2D eigenvalue weighted by Gasteiger charge is -2.23. The molecule has 7 nitrogen and oxygen atoms in total. The average Bonchev–Trinajstić information content (AvgIpc) is 2.78. The van der Waals surface area contributed by atoms with Crippen LogP contribution in [0.3, 0.4) is 0 Å².